The van der Waals surface area contributed by atoms with E-state index in [4.69, 9.17) is 4.74 Å². The van der Waals surface area contributed by atoms with Crippen LogP contribution in [0.15, 0.2) is 29.6 Å². The predicted molar refractivity (Wildman–Crippen MR) is 157 cm³/mol. The fraction of sp³-hybridized carbons (Fsp3) is 0.567. The third-order valence-corrected chi connectivity index (χ3v) is 8.78. The summed E-state index contributed by atoms with van der Waals surface area (Å²) in [4.78, 5) is 57.7. The number of thiazole rings is 1. The Labute approximate surface area is 245 Å². The van der Waals surface area contributed by atoms with E-state index in [2.05, 4.69) is 26.3 Å². The molecule has 0 bridgehead atoms. The molecule has 0 saturated heterocycles. The highest BCUT2D eigenvalue weighted by Gasteiger charge is 2.43. The van der Waals surface area contributed by atoms with E-state index in [1.807, 2.05) is 26.2 Å². The molecule has 2 heterocycles. The Hall–Kier alpha value is -3.47. The van der Waals surface area contributed by atoms with Crippen molar-refractivity contribution in [1.29, 1.82) is 0 Å². The lowest BCUT2D eigenvalue weighted by Crippen LogP contribution is -2.60. The monoisotopic (exact) mass is 583 g/mol. The second-order valence-electron chi connectivity index (χ2n) is 11.3. The molecule has 1 aliphatic heterocycles. The van der Waals surface area contributed by atoms with Crippen LogP contribution in [0.1, 0.15) is 79.9 Å². The Morgan fingerprint density at radius 3 is 2.63 bits per heavy atom. The van der Waals surface area contributed by atoms with Gasteiger partial charge in [0, 0.05) is 30.5 Å². The van der Waals surface area contributed by atoms with E-state index in [1.165, 1.54) is 0 Å². The van der Waals surface area contributed by atoms with Crippen molar-refractivity contribution < 1.29 is 23.9 Å². The van der Waals surface area contributed by atoms with Crippen molar-refractivity contribution in [2.24, 2.45) is 5.92 Å². The van der Waals surface area contributed by atoms with E-state index in [0.29, 0.717) is 31.6 Å². The molecule has 41 heavy (non-hydrogen) atoms. The Kier molecular flexibility index (Phi) is 10.4. The largest absolute Gasteiger partial charge is 0.491 e. The van der Waals surface area contributed by atoms with E-state index in [0.717, 1.165) is 30.0 Å². The second kappa shape index (κ2) is 13.9. The van der Waals surface area contributed by atoms with Crippen molar-refractivity contribution in [1.82, 2.24) is 26.3 Å². The highest BCUT2D eigenvalue weighted by Crippen LogP contribution is 2.31. The van der Waals surface area contributed by atoms with Gasteiger partial charge in [-0.1, -0.05) is 38.8 Å². The summed E-state index contributed by atoms with van der Waals surface area (Å²) in [5.74, 6) is -0.947. The Balaban J connectivity index is 1.52. The number of hydrogen-bond donors (Lipinski definition) is 4. The summed E-state index contributed by atoms with van der Waals surface area (Å²) in [5.41, 5.74) is 0.272. The average Bonchev–Trinajstić information content (AvgIpc) is 3.59. The highest BCUT2D eigenvalue weighted by atomic mass is 32.1. The molecular weight excluding hydrogens is 542 g/mol. The minimum absolute atomic E-state index is 0.0163. The molecule has 10 nitrogen and oxygen atoms in total. The molecule has 1 fully saturated rings. The van der Waals surface area contributed by atoms with E-state index < -0.39 is 17.5 Å². The molecule has 1 aromatic heterocycles. The molecule has 4 amide bonds. The van der Waals surface area contributed by atoms with Gasteiger partial charge in [0.2, 0.25) is 17.7 Å². The number of fused-ring (bicyclic) bond motifs is 1. The number of carbonyl (C=O) groups excluding carboxylic acids is 4. The molecule has 1 spiro atoms. The van der Waals surface area contributed by atoms with Gasteiger partial charge in [-0.25, -0.2) is 4.98 Å². The summed E-state index contributed by atoms with van der Waals surface area (Å²) in [5, 5.41) is 14.8. The molecule has 0 unspecified atom stereocenters. The summed E-state index contributed by atoms with van der Waals surface area (Å²) >= 11 is 1.59. The molecule has 222 valence electrons. The lowest BCUT2D eigenvalue weighted by molar-refractivity contribution is -0.134. The van der Waals surface area contributed by atoms with E-state index in [9.17, 15) is 19.2 Å². The first kappa shape index (κ1) is 30.5. The SMILES string of the molecule is Cc1csc(CCCNC(=O)[C@@H]2CCC(=O)NC3(CCCC3)C(=O)N[C@H](C(C)C)COc3ccccc3C(=O)N2)n1. The van der Waals surface area contributed by atoms with Crippen molar-refractivity contribution in [3.8, 4) is 5.75 Å². The van der Waals surface area contributed by atoms with Gasteiger partial charge in [0.05, 0.1) is 16.6 Å². The zero-order chi connectivity index (χ0) is 29.4. The van der Waals surface area contributed by atoms with Gasteiger partial charge in [-0.05, 0) is 50.7 Å². The molecule has 11 heteroatoms. The molecule has 1 aliphatic carbocycles. The molecule has 2 aliphatic rings. The maximum absolute atomic E-state index is 13.5. The lowest BCUT2D eigenvalue weighted by Gasteiger charge is -2.32. The third kappa shape index (κ3) is 8.06. The fourth-order valence-corrected chi connectivity index (χ4v) is 6.07. The van der Waals surface area contributed by atoms with Crippen LogP contribution in [0.3, 0.4) is 0 Å². The first-order chi connectivity index (χ1) is 19.7. The molecular formula is C30H41N5O5S. The molecule has 2 aromatic rings. The summed E-state index contributed by atoms with van der Waals surface area (Å²) in [7, 11) is 0. The highest BCUT2D eigenvalue weighted by molar-refractivity contribution is 7.09. The first-order valence-electron chi connectivity index (χ1n) is 14.5. The zero-order valence-corrected chi connectivity index (χ0v) is 24.9. The molecule has 1 aromatic carbocycles. The fourth-order valence-electron chi connectivity index (χ4n) is 5.26. The van der Waals surface area contributed by atoms with Crippen LogP contribution in [0.2, 0.25) is 0 Å². The van der Waals surface area contributed by atoms with Crippen LogP contribution < -0.4 is 26.0 Å². The van der Waals surface area contributed by atoms with E-state index in [-0.39, 0.29) is 54.7 Å². The Bertz CT molecular complexity index is 1240. The van der Waals surface area contributed by atoms with Crippen LogP contribution >= 0.6 is 11.3 Å². The number of rotatable bonds is 6. The van der Waals surface area contributed by atoms with Crippen molar-refractivity contribution in [3.05, 3.63) is 45.9 Å². The Morgan fingerprint density at radius 1 is 1.17 bits per heavy atom. The smallest absolute Gasteiger partial charge is 0.255 e. The van der Waals surface area contributed by atoms with Crippen LogP contribution in [0, 0.1) is 12.8 Å². The second-order valence-corrected chi connectivity index (χ2v) is 12.3. The van der Waals surface area contributed by atoms with Gasteiger partial charge < -0.3 is 26.0 Å². The number of nitrogens with one attached hydrogen (secondary N) is 4. The van der Waals surface area contributed by atoms with Gasteiger partial charge in [-0.15, -0.1) is 11.3 Å². The molecule has 4 N–H and O–H groups in total. The van der Waals surface area contributed by atoms with Crippen molar-refractivity contribution in [2.45, 2.75) is 89.8 Å². The van der Waals surface area contributed by atoms with Crippen molar-refractivity contribution in [3.63, 3.8) is 0 Å². The van der Waals surface area contributed by atoms with Gasteiger partial charge in [0.25, 0.3) is 5.91 Å². The first-order valence-corrected chi connectivity index (χ1v) is 15.4. The number of aryl methyl sites for hydroxylation is 2. The Morgan fingerprint density at radius 2 is 1.93 bits per heavy atom. The molecule has 0 radical (unpaired) electrons. The van der Waals surface area contributed by atoms with Crippen LogP contribution in [0.25, 0.3) is 0 Å². The number of carbonyl (C=O) groups is 4. The van der Waals surface area contributed by atoms with E-state index in [1.54, 1.807) is 35.6 Å². The molecule has 2 atom stereocenters. The minimum atomic E-state index is -0.989. The predicted octanol–water partition coefficient (Wildman–Crippen LogP) is 3.04. The van der Waals surface area contributed by atoms with Crippen LogP contribution in [-0.4, -0.2) is 59.4 Å². The van der Waals surface area contributed by atoms with Crippen LogP contribution in [-0.2, 0) is 20.8 Å². The van der Waals surface area contributed by atoms with Crippen molar-refractivity contribution in [2.75, 3.05) is 13.2 Å². The maximum Gasteiger partial charge on any atom is 0.255 e. The normalized spacial score (nSPS) is 21.6. The standard InChI is InChI=1S/C30H41N5O5S/c1-19(2)23-17-40-24-10-5-4-9-21(24)27(37)33-22(28(38)31-16-8-11-26-32-20(3)18-41-26)12-13-25(36)35-30(29(39)34-23)14-6-7-15-30/h4-5,9-10,18-19,22-23H,6-8,11-17H2,1-3H3,(H,31,38)(H,33,37)(H,34,39)(H,35,36)/t22-,23-/m0/s1. The number of nitrogens with zero attached hydrogens (tertiary/aromatic N) is 1. The number of para-hydroxylation sites is 1. The van der Waals surface area contributed by atoms with E-state index >= 15 is 0 Å². The number of hydrogen-bond acceptors (Lipinski definition) is 7. The maximum atomic E-state index is 13.5. The quantitative estimate of drug-likeness (QED) is 0.386. The van der Waals surface area contributed by atoms with Crippen LogP contribution in [0.4, 0.5) is 0 Å². The van der Waals surface area contributed by atoms with Gasteiger partial charge in [-0.3, -0.25) is 19.2 Å². The van der Waals surface area contributed by atoms with Gasteiger partial charge in [0.1, 0.15) is 23.9 Å². The number of benzene rings is 1. The van der Waals surface area contributed by atoms with Gasteiger partial charge >= 0.3 is 0 Å². The minimum Gasteiger partial charge on any atom is -0.491 e. The summed E-state index contributed by atoms with van der Waals surface area (Å²) < 4.78 is 6.08. The summed E-state index contributed by atoms with van der Waals surface area (Å²) in [6.45, 7) is 6.49. The number of aromatic nitrogens is 1. The third-order valence-electron chi connectivity index (χ3n) is 7.76. The molecule has 4 rings (SSSR count). The molecule has 1 saturated carbocycles. The van der Waals surface area contributed by atoms with Crippen molar-refractivity contribution >= 4 is 35.0 Å². The van der Waals surface area contributed by atoms with Gasteiger partial charge in [0.15, 0.2) is 0 Å². The number of amides is 4. The zero-order valence-electron chi connectivity index (χ0n) is 24.1. The van der Waals surface area contributed by atoms with Crippen LogP contribution in [0.5, 0.6) is 5.75 Å². The van der Waals surface area contributed by atoms with Gasteiger partial charge in [-0.2, -0.15) is 0 Å². The lowest BCUT2D eigenvalue weighted by atomic mass is 9.94. The number of ether oxygens (including phenoxy) is 1. The average molecular weight is 584 g/mol. The summed E-state index contributed by atoms with van der Waals surface area (Å²) in [6.07, 6.45) is 4.30. The topological polar surface area (TPSA) is 139 Å². The summed E-state index contributed by atoms with van der Waals surface area (Å²) in [6, 6.07) is 5.56.